The summed E-state index contributed by atoms with van der Waals surface area (Å²) in [7, 11) is 0. The maximum absolute atomic E-state index is 12.2. The lowest BCUT2D eigenvalue weighted by Gasteiger charge is -2.12. The van der Waals surface area contributed by atoms with Crippen LogP contribution < -0.4 is 10.6 Å². The largest absolute Gasteiger partial charge is 0.349 e. The van der Waals surface area contributed by atoms with Gasteiger partial charge in [0.05, 0.1) is 11.1 Å². The molecular weight excluding hydrogens is 260 g/mol. The number of carbonyl (C=O) groups excluding carboxylic acids is 1. The van der Waals surface area contributed by atoms with Crippen LogP contribution in [-0.4, -0.2) is 34.5 Å². The number of hydrogen-bond donors (Lipinski definition) is 2. The van der Waals surface area contributed by atoms with E-state index in [0.717, 1.165) is 32.2 Å². The van der Waals surface area contributed by atoms with Gasteiger partial charge in [0, 0.05) is 24.7 Å². The van der Waals surface area contributed by atoms with Crippen molar-refractivity contribution in [2.45, 2.75) is 37.8 Å². The van der Waals surface area contributed by atoms with Gasteiger partial charge in [-0.25, -0.2) is 0 Å². The highest BCUT2D eigenvalue weighted by molar-refractivity contribution is 5.93. The minimum atomic E-state index is -0.450. The minimum Gasteiger partial charge on any atom is -0.349 e. The van der Waals surface area contributed by atoms with Gasteiger partial charge in [-0.3, -0.25) is 14.9 Å². The molecule has 20 heavy (non-hydrogen) atoms. The van der Waals surface area contributed by atoms with Crippen LogP contribution in [0.4, 0.5) is 5.69 Å². The van der Waals surface area contributed by atoms with Crippen molar-refractivity contribution in [2.75, 3.05) is 13.1 Å². The topological polar surface area (TPSA) is 89.2 Å². The van der Waals surface area contributed by atoms with Crippen LogP contribution in [0.25, 0.3) is 0 Å². The van der Waals surface area contributed by atoms with Crippen molar-refractivity contribution in [3.63, 3.8) is 0 Å². The van der Waals surface area contributed by atoms with Crippen molar-refractivity contribution in [3.8, 4) is 0 Å². The Balaban J connectivity index is 1.70. The molecule has 7 heteroatoms. The third-order valence-electron chi connectivity index (χ3n) is 3.89. The molecule has 2 heterocycles. The molecule has 108 valence electrons. The highest BCUT2D eigenvalue weighted by Gasteiger charge is 2.30. The molecular formula is C13H18N4O3. The number of aromatic nitrogens is 1. The van der Waals surface area contributed by atoms with Crippen LogP contribution in [0, 0.1) is 10.1 Å². The molecule has 0 radical (unpaired) electrons. The average Bonchev–Trinajstić information content (AvgIpc) is 2.97. The number of amides is 1. The average molecular weight is 278 g/mol. The standard InChI is InChI=1S/C13H18N4O3/c18-13(15-7-9-2-1-5-14-9)12-6-11(17(19)20)8-16(12)10-3-4-10/h6,8-10,14H,1-5,7H2,(H,15,18). The monoisotopic (exact) mass is 278 g/mol. The number of nitrogens with zero attached hydrogens (tertiary/aromatic N) is 2. The molecule has 1 aliphatic carbocycles. The Morgan fingerprint density at radius 2 is 2.30 bits per heavy atom. The Morgan fingerprint density at radius 1 is 1.50 bits per heavy atom. The van der Waals surface area contributed by atoms with Gasteiger partial charge >= 0.3 is 0 Å². The van der Waals surface area contributed by atoms with Gasteiger partial charge in [-0.1, -0.05) is 0 Å². The lowest BCUT2D eigenvalue weighted by Crippen LogP contribution is -2.37. The van der Waals surface area contributed by atoms with Crippen LogP contribution in [0.3, 0.4) is 0 Å². The summed E-state index contributed by atoms with van der Waals surface area (Å²) < 4.78 is 1.75. The van der Waals surface area contributed by atoms with E-state index in [2.05, 4.69) is 10.6 Å². The van der Waals surface area contributed by atoms with Gasteiger partial charge in [0.1, 0.15) is 5.69 Å². The normalized spacial score (nSPS) is 21.9. The second-order valence-corrected chi connectivity index (χ2v) is 5.48. The first-order valence-electron chi connectivity index (χ1n) is 7.03. The summed E-state index contributed by atoms with van der Waals surface area (Å²) >= 11 is 0. The molecule has 1 aromatic rings. The van der Waals surface area contributed by atoms with Gasteiger partial charge in [0.15, 0.2) is 0 Å². The fraction of sp³-hybridized carbons (Fsp3) is 0.615. The van der Waals surface area contributed by atoms with E-state index in [1.165, 1.54) is 12.3 Å². The molecule has 0 bridgehead atoms. The van der Waals surface area contributed by atoms with Gasteiger partial charge in [-0.2, -0.15) is 0 Å². The quantitative estimate of drug-likeness (QED) is 0.626. The Bertz CT molecular complexity index is 530. The number of rotatable bonds is 5. The van der Waals surface area contributed by atoms with Crippen LogP contribution >= 0.6 is 0 Å². The molecule has 3 rings (SSSR count). The van der Waals surface area contributed by atoms with Crippen LogP contribution in [-0.2, 0) is 0 Å². The van der Waals surface area contributed by atoms with E-state index in [4.69, 9.17) is 0 Å². The van der Waals surface area contributed by atoms with Gasteiger partial charge in [0.2, 0.25) is 0 Å². The molecule has 7 nitrogen and oxygen atoms in total. The van der Waals surface area contributed by atoms with Crippen LogP contribution in [0.1, 0.15) is 42.2 Å². The summed E-state index contributed by atoms with van der Waals surface area (Å²) in [6.07, 6.45) is 5.63. The number of carbonyl (C=O) groups is 1. The van der Waals surface area contributed by atoms with Gasteiger partial charge in [-0.05, 0) is 32.2 Å². The van der Waals surface area contributed by atoms with Crippen molar-refractivity contribution in [2.24, 2.45) is 0 Å². The second kappa shape index (κ2) is 5.24. The van der Waals surface area contributed by atoms with E-state index in [9.17, 15) is 14.9 Å². The summed E-state index contributed by atoms with van der Waals surface area (Å²) in [5, 5.41) is 17.0. The molecule has 1 saturated carbocycles. The molecule has 2 N–H and O–H groups in total. The molecule has 1 amide bonds. The van der Waals surface area contributed by atoms with Crippen molar-refractivity contribution >= 4 is 11.6 Å². The second-order valence-electron chi connectivity index (χ2n) is 5.48. The van der Waals surface area contributed by atoms with Crippen molar-refractivity contribution in [3.05, 3.63) is 28.1 Å². The minimum absolute atomic E-state index is 0.0129. The summed E-state index contributed by atoms with van der Waals surface area (Å²) in [6, 6.07) is 1.93. The first-order chi connectivity index (χ1) is 9.65. The SMILES string of the molecule is O=C(NCC1CCCN1)c1cc([N+](=O)[O-])cn1C1CC1. The number of nitro groups is 1. The van der Waals surface area contributed by atoms with Crippen LogP contribution in [0.15, 0.2) is 12.3 Å². The number of hydrogen-bond acceptors (Lipinski definition) is 4. The van der Waals surface area contributed by atoms with Crippen LogP contribution in [0.2, 0.25) is 0 Å². The van der Waals surface area contributed by atoms with Gasteiger partial charge in [-0.15, -0.1) is 0 Å². The molecule has 0 aromatic carbocycles. The summed E-state index contributed by atoms with van der Waals surface area (Å²) in [6.45, 7) is 1.56. The van der Waals surface area contributed by atoms with Crippen molar-refractivity contribution in [1.82, 2.24) is 15.2 Å². The molecule has 2 fully saturated rings. The Labute approximate surface area is 116 Å². The van der Waals surface area contributed by atoms with Crippen molar-refractivity contribution < 1.29 is 9.72 Å². The Hall–Kier alpha value is -1.89. The first kappa shape index (κ1) is 13.1. The van der Waals surface area contributed by atoms with Gasteiger partial charge < -0.3 is 15.2 Å². The Kier molecular flexibility index (Phi) is 3.43. The predicted octanol–water partition coefficient (Wildman–Crippen LogP) is 1.21. The molecule has 0 spiro atoms. The zero-order valence-corrected chi connectivity index (χ0v) is 11.2. The molecule has 1 aromatic heterocycles. The lowest BCUT2D eigenvalue weighted by molar-refractivity contribution is -0.384. The summed E-state index contributed by atoms with van der Waals surface area (Å²) in [5.41, 5.74) is 0.387. The smallest absolute Gasteiger partial charge is 0.287 e. The van der Waals surface area contributed by atoms with E-state index in [0.29, 0.717) is 18.3 Å². The van der Waals surface area contributed by atoms with Crippen LogP contribution in [0.5, 0.6) is 0 Å². The van der Waals surface area contributed by atoms with E-state index in [-0.39, 0.29) is 17.6 Å². The summed E-state index contributed by atoms with van der Waals surface area (Å²) in [5.74, 6) is -0.223. The van der Waals surface area contributed by atoms with E-state index < -0.39 is 4.92 Å². The fourth-order valence-corrected chi connectivity index (χ4v) is 2.64. The van der Waals surface area contributed by atoms with Gasteiger partial charge in [0.25, 0.3) is 11.6 Å². The highest BCUT2D eigenvalue weighted by atomic mass is 16.6. The number of nitrogens with one attached hydrogen (secondary N) is 2. The molecule has 1 unspecified atom stereocenters. The predicted molar refractivity (Wildman–Crippen MR) is 72.7 cm³/mol. The van der Waals surface area contributed by atoms with E-state index in [1.807, 2.05) is 0 Å². The van der Waals surface area contributed by atoms with E-state index in [1.54, 1.807) is 4.57 Å². The third-order valence-corrected chi connectivity index (χ3v) is 3.89. The first-order valence-corrected chi connectivity index (χ1v) is 7.03. The third kappa shape index (κ3) is 2.67. The maximum atomic E-state index is 12.2. The maximum Gasteiger partial charge on any atom is 0.287 e. The highest BCUT2D eigenvalue weighted by Crippen LogP contribution is 2.37. The van der Waals surface area contributed by atoms with E-state index >= 15 is 0 Å². The van der Waals surface area contributed by atoms with Crippen molar-refractivity contribution in [1.29, 1.82) is 0 Å². The zero-order chi connectivity index (χ0) is 14.1. The zero-order valence-electron chi connectivity index (χ0n) is 11.2. The fourth-order valence-electron chi connectivity index (χ4n) is 2.64. The Morgan fingerprint density at radius 3 is 2.90 bits per heavy atom. The molecule has 1 saturated heterocycles. The molecule has 2 aliphatic rings. The molecule has 1 aliphatic heterocycles. The molecule has 1 atom stereocenters. The lowest BCUT2D eigenvalue weighted by atomic mass is 10.2. The summed E-state index contributed by atoms with van der Waals surface area (Å²) in [4.78, 5) is 22.6.